The van der Waals surface area contributed by atoms with Crippen molar-refractivity contribution in [3.63, 3.8) is 0 Å². The van der Waals surface area contributed by atoms with E-state index in [1.165, 1.54) is 0 Å². The zero-order chi connectivity index (χ0) is 16.4. The van der Waals surface area contributed by atoms with E-state index in [1.807, 2.05) is 42.5 Å². The number of amides is 1. The number of para-hydroxylation sites is 1. The van der Waals surface area contributed by atoms with Gasteiger partial charge in [0.25, 0.3) is 0 Å². The third-order valence-corrected chi connectivity index (χ3v) is 4.47. The summed E-state index contributed by atoms with van der Waals surface area (Å²) in [4.78, 5) is 12.7. The molecule has 4 nitrogen and oxygen atoms in total. The Morgan fingerprint density at radius 1 is 1.26 bits per heavy atom. The van der Waals surface area contributed by atoms with E-state index in [1.54, 1.807) is 13.0 Å². The Labute approximate surface area is 140 Å². The fourth-order valence-electron chi connectivity index (χ4n) is 2.76. The van der Waals surface area contributed by atoms with Crippen LogP contribution in [0.25, 0.3) is 0 Å². The van der Waals surface area contributed by atoms with Crippen LogP contribution < -0.4 is 15.8 Å². The summed E-state index contributed by atoms with van der Waals surface area (Å²) in [6.45, 7) is 2.23. The Morgan fingerprint density at radius 2 is 2.00 bits per heavy atom. The second kappa shape index (κ2) is 6.22. The molecule has 2 unspecified atom stereocenters. The molecular weight excluding hydrogens is 312 g/mol. The van der Waals surface area contributed by atoms with Crippen LogP contribution >= 0.6 is 11.6 Å². The van der Waals surface area contributed by atoms with E-state index in [9.17, 15) is 4.79 Å². The fourth-order valence-corrected chi connectivity index (χ4v) is 3.00. The van der Waals surface area contributed by atoms with Crippen LogP contribution in [0.4, 0.5) is 0 Å². The van der Waals surface area contributed by atoms with Crippen LogP contribution in [-0.4, -0.2) is 12.5 Å². The Hall–Kier alpha value is -2.04. The third kappa shape index (κ3) is 3.05. The SMILES string of the molecule is CC(N)(C(=O)NC1CCOc2c(Cl)cccc21)c1ccccc1. The van der Waals surface area contributed by atoms with Crippen molar-refractivity contribution >= 4 is 17.5 Å². The van der Waals surface area contributed by atoms with E-state index in [4.69, 9.17) is 22.1 Å². The van der Waals surface area contributed by atoms with Crippen LogP contribution in [0.15, 0.2) is 48.5 Å². The third-order valence-electron chi connectivity index (χ3n) is 4.18. The molecule has 1 heterocycles. The van der Waals surface area contributed by atoms with Gasteiger partial charge in [0.15, 0.2) is 0 Å². The van der Waals surface area contributed by atoms with E-state index in [-0.39, 0.29) is 11.9 Å². The van der Waals surface area contributed by atoms with Crippen molar-refractivity contribution in [2.75, 3.05) is 6.61 Å². The van der Waals surface area contributed by atoms with Crippen LogP contribution in [0.1, 0.15) is 30.5 Å². The summed E-state index contributed by atoms with van der Waals surface area (Å²) in [6.07, 6.45) is 0.684. The van der Waals surface area contributed by atoms with Crippen molar-refractivity contribution in [1.82, 2.24) is 5.32 Å². The van der Waals surface area contributed by atoms with Crippen molar-refractivity contribution in [3.8, 4) is 5.75 Å². The first-order valence-corrected chi connectivity index (χ1v) is 7.94. The molecule has 0 bridgehead atoms. The van der Waals surface area contributed by atoms with Crippen LogP contribution in [-0.2, 0) is 10.3 Å². The number of carbonyl (C=O) groups excluding carboxylic acids is 1. The lowest BCUT2D eigenvalue weighted by Gasteiger charge is -2.31. The molecule has 3 rings (SSSR count). The maximum Gasteiger partial charge on any atom is 0.244 e. The highest BCUT2D eigenvalue weighted by molar-refractivity contribution is 6.32. The summed E-state index contributed by atoms with van der Waals surface area (Å²) < 4.78 is 5.62. The molecule has 2 aromatic carbocycles. The number of hydrogen-bond acceptors (Lipinski definition) is 3. The molecule has 0 saturated carbocycles. The molecule has 120 valence electrons. The first kappa shape index (κ1) is 15.8. The van der Waals surface area contributed by atoms with Crippen molar-refractivity contribution < 1.29 is 9.53 Å². The topological polar surface area (TPSA) is 64.4 Å². The largest absolute Gasteiger partial charge is 0.492 e. The van der Waals surface area contributed by atoms with Gasteiger partial charge in [-0.05, 0) is 18.6 Å². The summed E-state index contributed by atoms with van der Waals surface area (Å²) in [6, 6.07) is 14.7. The zero-order valence-electron chi connectivity index (χ0n) is 12.9. The molecular formula is C18H19ClN2O2. The molecule has 0 spiro atoms. The minimum absolute atomic E-state index is 0.156. The van der Waals surface area contributed by atoms with Gasteiger partial charge in [0.1, 0.15) is 11.3 Å². The van der Waals surface area contributed by atoms with E-state index in [0.29, 0.717) is 23.8 Å². The van der Waals surface area contributed by atoms with Gasteiger partial charge in [-0.25, -0.2) is 0 Å². The van der Waals surface area contributed by atoms with Gasteiger partial charge in [-0.1, -0.05) is 54.1 Å². The standard InChI is InChI=1S/C18H19ClN2O2/c1-18(20,12-6-3-2-4-7-12)17(22)21-15-10-11-23-16-13(15)8-5-9-14(16)19/h2-9,15H,10-11,20H2,1H3,(H,21,22). The minimum atomic E-state index is -1.10. The van der Waals surface area contributed by atoms with Gasteiger partial charge in [0.2, 0.25) is 5.91 Å². The molecule has 2 atom stereocenters. The molecule has 0 radical (unpaired) electrons. The quantitative estimate of drug-likeness (QED) is 0.908. The number of benzene rings is 2. The van der Waals surface area contributed by atoms with E-state index < -0.39 is 5.54 Å². The van der Waals surface area contributed by atoms with Crippen molar-refractivity contribution in [2.24, 2.45) is 5.73 Å². The molecule has 3 N–H and O–H groups in total. The number of nitrogens with two attached hydrogens (primary N) is 1. The lowest BCUT2D eigenvalue weighted by Crippen LogP contribution is -2.50. The molecule has 0 aromatic heterocycles. The monoisotopic (exact) mass is 330 g/mol. The minimum Gasteiger partial charge on any atom is -0.492 e. The van der Waals surface area contributed by atoms with Crippen molar-refractivity contribution in [3.05, 3.63) is 64.7 Å². The average Bonchev–Trinajstić information content (AvgIpc) is 2.56. The summed E-state index contributed by atoms with van der Waals surface area (Å²) in [5.74, 6) is 0.422. The van der Waals surface area contributed by atoms with E-state index >= 15 is 0 Å². The Morgan fingerprint density at radius 3 is 2.74 bits per heavy atom. The number of carbonyl (C=O) groups is 1. The highest BCUT2D eigenvalue weighted by atomic mass is 35.5. The highest BCUT2D eigenvalue weighted by Gasteiger charge is 2.33. The van der Waals surface area contributed by atoms with Gasteiger partial charge in [-0.3, -0.25) is 4.79 Å². The van der Waals surface area contributed by atoms with Crippen LogP contribution in [0, 0.1) is 0 Å². The van der Waals surface area contributed by atoms with Crippen LogP contribution in [0.2, 0.25) is 5.02 Å². The number of ether oxygens (including phenoxy) is 1. The van der Waals surface area contributed by atoms with Crippen LogP contribution in [0.5, 0.6) is 5.75 Å². The molecule has 1 aliphatic rings. The number of nitrogens with one attached hydrogen (secondary N) is 1. The van der Waals surface area contributed by atoms with Crippen molar-refractivity contribution in [2.45, 2.75) is 24.9 Å². The molecule has 23 heavy (non-hydrogen) atoms. The predicted octanol–water partition coefficient (Wildman–Crippen LogP) is 3.15. The normalized spacial score (nSPS) is 19.2. The van der Waals surface area contributed by atoms with Gasteiger partial charge in [0.05, 0.1) is 17.7 Å². The van der Waals surface area contributed by atoms with Crippen LogP contribution in [0.3, 0.4) is 0 Å². The van der Waals surface area contributed by atoms with Crippen molar-refractivity contribution in [1.29, 1.82) is 0 Å². The molecule has 1 amide bonds. The second-order valence-electron chi connectivity index (χ2n) is 5.89. The molecule has 0 aliphatic carbocycles. The number of fused-ring (bicyclic) bond motifs is 1. The first-order valence-electron chi connectivity index (χ1n) is 7.56. The summed E-state index contributed by atoms with van der Waals surface area (Å²) in [5, 5.41) is 3.59. The van der Waals surface area contributed by atoms with Gasteiger partial charge in [0, 0.05) is 12.0 Å². The Bertz CT molecular complexity index is 716. The Balaban J connectivity index is 1.83. The van der Waals surface area contributed by atoms with E-state index in [0.717, 1.165) is 11.1 Å². The van der Waals surface area contributed by atoms with E-state index in [2.05, 4.69) is 5.32 Å². The smallest absolute Gasteiger partial charge is 0.244 e. The van der Waals surface area contributed by atoms with Gasteiger partial charge < -0.3 is 15.8 Å². The maximum atomic E-state index is 12.7. The second-order valence-corrected chi connectivity index (χ2v) is 6.30. The molecule has 5 heteroatoms. The number of halogens is 1. The van der Waals surface area contributed by atoms with Gasteiger partial charge >= 0.3 is 0 Å². The summed E-state index contributed by atoms with van der Waals surface area (Å²) >= 11 is 6.17. The fraction of sp³-hybridized carbons (Fsp3) is 0.278. The highest BCUT2D eigenvalue weighted by Crippen LogP contribution is 2.37. The molecule has 0 fully saturated rings. The lowest BCUT2D eigenvalue weighted by molar-refractivity contribution is -0.127. The first-order chi connectivity index (χ1) is 11.0. The molecule has 1 aliphatic heterocycles. The zero-order valence-corrected chi connectivity index (χ0v) is 13.6. The predicted molar refractivity (Wildman–Crippen MR) is 90.4 cm³/mol. The lowest BCUT2D eigenvalue weighted by atomic mass is 9.91. The van der Waals surface area contributed by atoms with Gasteiger partial charge in [-0.15, -0.1) is 0 Å². The molecule has 0 saturated heterocycles. The number of rotatable bonds is 3. The average molecular weight is 331 g/mol. The summed E-state index contributed by atoms with van der Waals surface area (Å²) in [7, 11) is 0. The molecule has 2 aromatic rings. The number of hydrogen-bond donors (Lipinski definition) is 2. The maximum absolute atomic E-state index is 12.7. The summed E-state index contributed by atoms with van der Waals surface area (Å²) in [5.41, 5.74) is 6.84. The Kier molecular flexibility index (Phi) is 4.28. The van der Waals surface area contributed by atoms with Gasteiger partial charge in [-0.2, -0.15) is 0 Å².